The predicted molar refractivity (Wildman–Crippen MR) is 99.7 cm³/mol. The van der Waals surface area contributed by atoms with Crippen LogP contribution < -0.4 is 20.1 Å². The van der Waals surface area contributed by atoms with Crippen molar-refractivity contribution in [2.45, 2.75) is 13.5 Å². The van der Waals surface area contributed by atoms with E-state index >= 15 is 0 Å². The zero-order valence-electron chi connectivity index (χ0n) is 13.6. The summed E-state index contributed by atoms with van der Waals surface area (Å²) in [5.41, 5.74) is 0.973. The van der Waals surface area contributed by atoms with Crippen molar-refractivity contribution < 1.29 is 14.2 Å². The van der Waals surface area contributed by atoms with E-state index in [-0.39, 0.29) is 24.0 Å². The molecule has 0 spiro atoms. The lowest BCUT2D eigenvalue weighted by Gasteiger charge is -2.13. The Balaban J connectivity index is 0.00000441. The molecule has 2 N–H and O–H groups in total. The van der Waals surface area contributed by atoms with Crippen LogP contribution in [0, 0.1) is 0 Å². The van der Waals surface area contributed by atoms with Crippen molar-refractivity contribution in [1.82, 2.24) is 10.6 Å². The summed E-state index contributed by atoms with van der Waals surface area (Å²) in [7, 11) is 4.93. The zero-order valence-corrected chi connectivity index (χ0v) is 16.0. The number of para-hydroxylation sites is 1. The lowest BCUT2D eigenvalue weighted by Crippen LogP contribution is -2.38. The predicted octanol–water partition coefficient (Wildman–Crippen LogP) is 2.02. The van der Waals surface area contributed by atoms with Gasteiger partial charge in [0.05, 0.1) is 27.4 Å². The number of nitrogens with one attached hydrogen (secondary N) is 2. The molecule has 0 unspecified atom stereocenters. The molecule has 0 aliphatic heterocycles. The average Bonchev–Trinajstić information content (AvgIpc) is 2.52. The van der Waals surface area contributed by atoms with Crippen LogP contribution in [0.5, 0.6) is 11.5 Å². The highest BCUT2D eigenvalue weighted by molar-refractivity contribution is 14.0. The summed E-state index contributed by atoms with van der Waals surface area (Å²) in [4.78, 5) is 4.54. The number of halogens is 1. The molecular formula is C15H26IN3O3. The number of methoxy groups -OCH3 is 3. The van der Waals surface area contributed by atoms with Gasteiger partial charge in [-0.2, -0.15) is 0 Å². The second-order valence-electron chi connectivity index (χ2n) is 4.27. The molecular weight excluding hydrogens is 397 g/mol. The lowest BCUT2D eigenvalue weighted by molar-refractivity contribution is 0.203. The monoisotopic (exact) mass is 423 g/mol. The highest BCUT2D eigenvalue weighted by atomic mass is 127. The molecule has 0 amide bonds. The first-order valence-corrected chi connectivity index (χ1v) is 6.97. The van der Waals surface area contributed by atoms with Gasteiger partial charge in [-0.25, -0.2) is 4.99 Å². The van der Waals surface area contributed by atoms with E-state index in [2.05, 4.69) is 15.6 Å². The van der Waals surface area contributed by atoms with Gasteiger partial charge >= 0.3 is 0 Å². The minimum atomic E-state index is 0. The Morgan fingerprint density at radius 2 is 1.91 bits per heavy atom. The molecule has 6 nitrogen and oxygen atoms in total. The molecule has 1 rings (SSSR count). The molecule has 0 bridgehead atoms. The average molecular weight is 423 g/mol. The number of aliphatic imine (C=N–C) groups is 1. The van der Waals surface area contributed by atoms with Gasteiger partial charge in [0, 0.05) is 25.8 Å². The van der Waals surface area contributed by atoms with Gasteiger partial charge in [0.1, 0.15) is 0 Å². The molecule has 0 radical (unpaired) electrons. The van der Waals surface area contributed by atoms with Crippen molar-refractivity contribution in [1.29, 1.82) is 0 Å². The number of hydrogen-bond donors (Lipinski definition) is 2. The van der Waals surface area contributed by atoms with Gasteiger partial charge in [-0.1, -0.05) is 12.1 Å². The number of rotatable bonds is 8. The summed E-state index contributed by atoms with van der Waals surface area (Å²) in [5.74, 6) is 2.18. The molecule has 0 aliphatic rings. The molecule has 0 atom stereocenters. The summed E-state index contributed by atoms with van der Waals surface area (Å²) in [5, 5.41) is 6.39. The maximum atomic E-state index is 5.40. The Kier molecular flexibility index (Phi) is 11.7. The van der Waals surface area contributed by atoms with Gasteiger partial charge in [-0.05, 0) is 13.0 Å². The molecule has 0 aliphatic carbocycles. The fourth-order valence-electron chi connectivity index (χ4n) is 1.86. The Hall–Kier alpha value is -1.22. The lowest BCUT2D eigenvalue weighted by atomic mass is 10.2. The number of nitrogens with zero attached hydrogens (tertiary/aromatic N) is 1. The first kappa shape index (κ1) is 20.8. The minimum Gasteiger partial charge on any atom is -0.493 e. The minimum absolute atomic E-state index is 0. The smallest absolute Gasteiger partial charge is 0.191 e. The van der Waals surface area contributed by atoms with Crippen LogP contribution in [0.1, 0.15) is 12.5 Å². The van der Waals surface area contributed by atoms with E-state index in [1.165, 1.54) is 0 Å². The Bertz CT molecular complexity index is 456. The third-order valence-corrected chi connectivity index (χ3v) is 2.83. The Labute approximate surface area is 149 Å². The van der Waals surface area contributed by atoms with Crippen molar-refractivity contribution in [2.24, 2.45) is 4.99 Å². The molecule has 126 valence electrons. The van der Waals surface area contributed by atoms with E-state index in [0.717, 1.165) is 23.8 Å². The van der Waals surface area contributed by atoms with Crippen LogP contribution in [0.2, 0.25) is 0 Å². The van der Waals surface area contributed by atoms with Gasteiger partial charge in [0.2, 0.25) is 0 Å². The molecule has 22 heavy (non-hydrogen) atoms. The molecule has 1 aromatic rings. The van der Waals surface area contributed by atoms with Crippen molar-refractivity contribution in [3.63, 3.8) is 0 Å². The van der Waals surface area contributed by atoms with Crippen LogP contribution in [-0.2, 0) is 11.3 Å². The molecule has 0 heterocycles. The van der Waals surface area contributed by atoms with Crippen molar-refractivity contribution >= 4 is 29.9 Å². The fraction of sp³-hybridized carbons (Fsp3) is 0.533. The van der Waals surface area contributed by atoms with Gasteiger partial charge in [-0.15, -0.1) is 24.0 Å². The molecule has 0 aromatic heterocycles. The normalized spacial score (nSPS) is 10.6. The number of guanidine groups is 1. The summed E-state index contributed by atoms with van der Waals surface area (Å²) in [6.45, 7) is 4.67. The van der Waals surface area contributed by atoms with E-state index in [1.54, 1.807) is 21.3 Å². The molecule has 0 fully saturated rings. The Morgan fingerprint density at radius 3 is 2.50 bits per heavy atom. The molecule has 0 saturated heterocycles. The Morgan fingerprint density at radius 1 is 1.14 bits per heavy atom. The van der Waals surface area contributed by atoms with E-state index in [9.17, 15) is 0 Å². The molecule has 7 heteroatoms. The fourth-order valence-corrected chi connectivity index (χ4v) is 1.86. The van der Waals surface area contributed by atoms with E-state index in [0.29, 0.717) is 25.4 Å². The van der Waals surface area contributed by atoms with Gasteiger partial charge in [-0.3, -0.25) is 0 Å². The van der Waals surface area contributed by atoms with E-state index in [4.69, 9.17) is 14.2 Å². The highest BCUT2D eigenvalue weighted by Crippen LogP contribution is 2.30. The van der Waals surface area contributed by atoms with Crippen LogP contribution in [0.3, 0.4) is 0 Å². The maximum absolute atomic E-state index is 5.40. The van der Waals surface area contributed by atoms with Crippen LogP contribution in [0.15, 0.2) is 23.2 Å². The molecule has 1 aromatic carbocycles. The summed E-state index contributed by atoms with van der Waals surface area (Å²) in [6.07, 6.45) is 0. The van der Waals surface area contributed by atoms with Crippen LogP contribution in [0.4, 0.5) is 0 Å². The second kappa shape index (κ2) is 12.3. The van der Waals surface area contributed by atoms with Gasteiger partial charge in [0.25, 0.3) is 0 Å². The molecule has 0 saturated carbocycles. The second-order valence-corrected chi connectivity index (χ2v) is 4.27. The van der Waals surface area contributed by atoms with Crippen molar-refractivity contribution in [3.05, 3.63) is 23.8 Å². The summed E-state index contributed by atoms with van der Waals surface area (Å²) >= 11 is 0. The third-order valence-electron chi connectivity index (χ3n) is 2.83. The topological polar surface area (TPSA) is 64.1 Å². The van der Waals surface area contributed by atoms with E-state index < -0.39 is 0 Å². The van der Waals surface area contributed by atoms with Crippen LogP contribution >= 0.6 is 24.0 Å². The van der Waals surface area contributed by atoms with Gasteiger partial charge in [0.15, 0.2) is 17.5 Å². The SMILES string of the molecule is CCNC(=NCc1cccc(OC)c1OC)NCCOC.I. The standard InChI is InChI=1S/C15H25N3O3.HI/c1-5-16-15(17-9-10-19-2)18-11-12-7-6-8-13(20-3)14(12)21-4;/h6-8H,5,9-11H2,1-4H3,(H2,16,17,18);1H. The third kappa shape index (κ3) is 6.69. The number of benzene rings is 1. The van der Waals surface area contributed by atoms with Crippen LogP contribution in [-0.4, -0.2) is 47.0 Å². The number of ether oxygens (including phenoxy) is 3. The number of hydrogen-bond acceptors (Lipinski definition) is 4. The summed E-state index contributed by atoms with van der Waals surface area (Å²) in [6, 6.07) is 5.77. The quantitative estimate of drug-likeness (QED) is 0.290. The first-order chi connectivity index (χ1) is 10.3. The van der Waals surface area contributed by atoms with Crippen LogP contribution in [0.25, 0.3) is 0 Å². The van der Waals surface area contributed by atoms with E-state index in [1.807, 2.05) is 25.1 Å². The zero-order chi connectivity index (χ0) is 15.5. The summed E-state index contributed by atoms with van der Waals surface area (Å²) < 4.78 is 15.7. The van der Waals surface area contributed by atoms with Crippen molar-refractivity contribution in [2.75, 3.05) is 41.0 Å². The maximum Gasteiger partial charge on any atom is 0.191 e. The highest BCUT2D eigenvalue weighted by Gasteiger charge is 2.09. The largest absolute Gasteiger partial charge is 0.493 e. The van der Waals surface area contributed by atoms with Crippen molar-refractivity contribution in [3.8, 4) is 11.5 Å². The first-order valence-electron chi connectivity index (χ1n) is 6.97. The van der Waals surface area contributed by atoms with Gasteiger partial charge < -0.3 is 24.8 Å².